The van der Waals surface area contributed by atoms with Crippen LogP contribution in [0.3, 0.4) is 0 Å². The molecule has 1 fully saturated rings. The Balaban J connectivity index is 1.86. The van der Waals surface area contributed by atoms with Gasteiger partial charge < -0.3 is 9.53 Å². The van der Waals surface area contributed by atoms with Gasteiger partial charge in [0.05, 0.1) is 7.11 Å². The van der Waals surface area contributed by atoms with E-state index in [9.17, 15) is 4.79 Å². The first-order valence-corrected chi connectivity index (χ1v) is 11.6. The van der Waals surface area contributed by atoms with Gasteiger partial charge in [-0.2, -0.15) is 0 Å². The van der Waals surface area contributed by atoms with Gasteiger partial charge in [-0.1, -0.05) is 56.6 Å². The molecule has 0 N–H and O–H groups in total. The average molecular weight is 319 g/mol. The Labute approximate surface area is 136 Å². The van der Waals surface area contributed by atoms with E-state index in [2.05, 4.69) is 32.2 Å². The number of hydrogen-bond acceptors (Lipinski definition) is 2. The lowest BCUT2D eigenvalue weighted by molar-refractivity contribution is -0.112. The highest BCUT2D eigenvalue weighted by Crippen LogP contribution is 2.33. The largest absolute Gasteiger partial charge is 0.497 e. The number of carbonyl (C=O) groups is 1. The molecule has 1 saturated carbocycles. The predicted molar refractivity (Wildman–Crippen MR) is 95.5 cm³/mol. The molecule has 0 amide bonds. The highest BCUT2D eigenvalue weighted by molar-refractivity contribution is 7.13. The van der Waals surface area contributed by atoms with Crippen molar-refractivity contribution in [3.05, 3.63) is 24.3 Å². The summed E-state index contributed by atoms with van der Waals surface area (Å²) in [7, 11) is -0.330. The molecule has 1 aliphatic carbocycles. The molecule has 122 valence electrons. The summed E-state index contributed by atoms with van der Waals surface area (Å²) in [5.74, 6) is 2.62. The first-order chi connectivity index (χ1) is 10.4. The predicted octanol–water partition coefficient (Wildman–Crippen LogP) is 4.33. The minimum absolute atomic E-state index is 0.490. The van der Waals surface area contributed by atoms with E-state index >= 15 is 0 Å². The number of carbonyl (C=O) groups excluding carboxylic acids is 1. The standard InChI is InChI=1S/C19H30O2Si/c1-15-8-9-16(14-15)6-5-7-19(20)22(3,4)18-12-10-17(21-2)11-13-18/h10-13,15-16H,5-9,14H2,1-4H3. The summed E-state index contributed by atoms with van der Waals surface area (Å²) in [5, 5.41) is 1.71. The Morgan fingerprint density at radius 3 is 2.45 bits per heavy atom. The fourth-order valence-electron chi connectivity index (χ4n) is 3.62. The molecule has 1 aliphatic rings. The lowest BCUT2D eigenvalue weighted by Crippen LogP contribution is -2.49. The number of rotatable bonds is 7. The van der Waals surface area contributed by atoms with Crippen molar-refractivity contribution < 1.29 is 9.53 Å². The lowest BCUT2D eigenvalue weighted by atomic mass is 9.99. The molecule has 2 nitrogen and oxygen atoms in total. The number of benzene rings is 1. The average Bonchev–Trinajstić information content (AvgIpc) is 2.92. The van der Waals surface area contributed by atoms with E-state index in [1.165, 1.54) is 30.9 Å². The molecular weight excluding hydrogens is 288 g/mol. The summed E-state index contributed by atoms with van der Waals surface area (Å²) in [6, 6.07) is 8.08. The maximum Gasteiger partial charge on any atom is 0.157 e. The van der Waals surface area contributed by atoms with Crippen molar-refractivity contribution in [2.24, 2.45) is 11.8 Å². The molecule has 2 rings (SSSR count). The number of methoxy groups -OCH3 is 1. The maximum atomic E-state index is 12.7. The number of hydrogen-bond donors (Lipinski definition) is 0. The molecule has 0 heterocycles. The molecule has 1 aromatic rings. The van der Waals surface area contributed by atoms with Gasteiger partial charge in [-0.05, 0) is 36.8 Å². The van der Waals surface area contributed by atoms with Gasteiger partial charge in [-0.25, -0.2) is 0 Å². The van der Waals surface area contributed by atoms with Gasteiger partial charge in [-0.15, -0.1) is 0 Å². The summed E-state index contributed by atoms with van der Waals surface area (Å²) in [6.45, 7) is 6.70. The molecule has 22 heavy (non-hydrogen) atoms. The van der Waals surface area contributed by atoms with Gasteiger partial charge in [0.15, 0.2) is 8.07 Å². The Bertz CT molecular complexity index is 493. The van der Waals surface area contributed by atoms with E-state index in [1.807, 2.05) is 12.1 Å². The molecule has 0 bridgehead atoms. The van der Waals surface area contributed by atoms with Crippen molar-refractivity contribution in [3.63, 3.8) is 0 Å². The summed E-state index contributed by atoms with van der Waals surface area (Å²) >= 11 is 0. The topological polar surface area (TPSA) is 26.3 Å². The zero-order valence-corrected chi connectivity index (χ0v) is 15.5. The van der Waals surface area contributed by atoms with E-state index < -0.39 is 8.07 Å². The van der Waals surface area contributed by atoms with E-state index in [1.54, 1.807) is 7.11 Å². The molecular formula is C19H30O2Si. The molecule has 1 aromatic carbocycles. The zero-order valence-electron chi connectivity index (χ0n) is 14.5. The zero-order chi connectivity index (χ0) is 16.2. The minimum atomic E-state index is -2.00. The smallest absolute Gasteiger partial charge is 0.157 e. The van der Waals surface area contributed by atoms with Gasteiger partial charge in [-0.3, -0.25) is 0 Å². The van der Waals surface area contributed by atoms with E-state index in [0.29, 0.717) is 5.41 Å². The van der Waals surface area contributed by atoms with Gasteiger partial charge in [0.1, 0.15) is 11.2 Å². The third kappa shape index (κ3) is 4.22. The van der Waals surface area contributed by atoms with Crippen molar-refractivity contribution in [1.29, 1.82) is 0 Å². The highest BCUT2D eigenvalue weighted by Gasteiger charge is 2.32. The second-order valence-corrected chi connectivity index (χ2v) is 11.8. The molecule has 0 aromatic heterocycles. The van der Waals surface area contributed by atoms with Crippen LogP contribution in [0.2, 0.25) is 13.1 Å². The minimum Gasteiger partial charge on any atom is -0.497 e. The summed E-state index contributed by atoms with van der Waals surface area (Å²) in [6.07, 6.45) is 7.19. The summed E-state index contributed by atoms with van der Waals surface area (Å²) in [5.41, 5.74) is 0. The van der Waals surface area contributed by atoms with Gasteiger partial charge in [0.25, 0.3) is 0 Å². The Morgan fingerprint density at radius 1 is 1.23 bits per heavy atom. The second-order valence-electron chi connectivity index (χ2n) is 7.45. The van der Waals surface area contributed by atoms with Crippen LogP contribution in [0, 0.1) is 11.8 Å². The van der Waals surface area contributed by atoms with E-state index in [4.69, 9.17) is 4.74 Å². The van der Waals surface area contributed by atoms with Crippen molar-refractivity contribution in [3.8, 4) is 5.75 Å². The number of ether oxygens (including phenoxy) is 1. The molecule has 3 heteroatoms. The van der Waals surface area contributed by atoms with Crippen LogP contribution in [-0.4, -0.2) is 20.6 Å². The quantitative estimate of drug-likeness (QED) is 0.700. The molecule has 0 radical (unpaired) electrons. The SMILES string of the molecule is COc1ccc([Si](C)(C)C(=O)CCCC2CCC(C)C2)cc1. The van der Waals surface area contributed by atoms with Crippen LogP contribution >= 0.6 is 0 Å². The van der Waals surface area contributed by atoms with Crippen molar-refractivity contribution >= 4 is 18.7 Å². The normalized spacial score (nSPS) is 21.8. The van der Waals surface area contributed by atoms with Crippen LogP contribution in [0.1, 0.15) is 45.4 Å². The Kier molecular flexibility index (Phi) is 5.85. The highest BCUT2D eigenvalue weighted by atomic mass is 28.3. The van der Waals surface area contributed by atoms with Crippen LogP contribution in [0.15, 0.2) is 24.3 Å². The monoisotopic (exact) mass is 318 g/mol. The third-order valence-electron chi connectivity index (χ3n) is 5.33. The van der Waals surface area contributed by atoms with E-state index in [-0.39, 0.29) is 0 Å². The molecule has 0 aliphatic heterocycles. The van der Waals surface area contributed by atoms with Crippen LogP contribution < -0.4 is 9.92 Å². The Morgan fingerprint density at radius 2 is 1.91 bits per heavy atom. The maximum absolute atomic E-state index is 12.7. The van der Waals surface area contributed by atoms with Crippen molar-refractivity contribution in [2.75, 3.05) is 7.11 Å². The van der Waals surface area contributed by atoms with Crippen LogP contribution in [0.5, 0.6) is 5.75 Å². The molecule has 0 saturated heterocycles. The summed E-state index contributed by atoms with van der Waals surface area (Å²) < 4.78 is 5.20. The van der Waals surface area contributed by atoms with Gasteiger partial charge in [0.2, 0.25) is 0 Å². The van der Waals surface area contributed by atoms with Crippen LogP contribution in [0.25, 0.3) is 0 Å². The van der Waals surface area contributed by atoms with Gasteiger partial charge >= 0.3 is 0 Å². The molecule has 0 spiro atoms. The fraction of sp³-hybridized carbons (Fsp3) is 0.632. The van der Waals surface area contributed by atoms with Crippen molar-refractivity contribution in [2.45, 2.75) is 58.5 Å². The first kappa shape index (κ1) is 17.3. The van der Waals surface area contributed by atoms with Crippen LogP contribution in [0.4, 0.5) is 0 Å². The fourth-order valence-corrected chi connectivity index (χ4v) is 5.74. The molecule has 2 unspecified atom stereocenters. The third-order valence-corrected chi connectivity index (χ3v) is 8.75. The lowest BCUT2D eigenvalue weighted by Gasteiger charge is -2.22. The Hall–Kier alpha value is -1.09. The molecule has 2 atom stereocenters. The summed E-state index contributed by atoms with van der Waals surface area (Å²) in [4.78, 5) is 12.7. The van der Waals surface area contributed by atoms with Gasteiger partial charge in [0, 0.05) is 6.42 Å². The van der Waals surface area contributed by atoms with Crippen LogP contribution in [-0.2, 0) is 4.79 Å². The van der Waals surface area contributed by atoms with Crippen molar-refractivity contribution in [1.82, 2.24) is 0 Å². The first-order valence-electron chi connectivity index (χ1n) is 8.61. The second kappa shape index (κ2) is 7.45. The van der Waals surface area contributed by atoms with E-state index in [0.717, 1.165) is 30.4 Å².